The van der Waals surface area contributed by atoms with Crippen LogP contribution in [0.1, 0.15) is 180 Å². The number of benzene rings is 3. The van der Waals surface area contributed by atoms with Crippen molar-refractivity contribution in [3.05, 3.63) is 76.9 Å². The summed E-state index contributed by atoms with van der Waals surface area (Å²) < 4.78 is 35.1. The number of hydrogen-bond acceptors (Lipinski definition) is 14. The Bertz CT molecular complexity index is 2680. The molecule has 3 aromatic carbocycles. The topological polar surface area (TPSA) is 251 Å². The van der Waals surface area contributed by atoms with E-state index in [2.05, 4.69) is 22.9 Å². The van der Waals surface area contributed by atoms with Crippen LogP contribution >= 0.6 is 0 Å². The van der Waals surface area contributed by atoms with Crippen molar-refractivity contribution in [2.45, 2.75) is 189 Å². The van der Waals surface area contributed by atoms with Crippen LogP contribution in [0.5, 0.6) is 17.2 Å². The van der Waals surface area contributed by atoms with Gasteiger partial charge < -0.3 is 54.4 Å². The molecular weight excluding hydrogens is 1050 g/mol. The summed E-state index contributed by atoms with van der Waals surface area (Å²) >= 11 is 0. The highest BCUT2D eigenvalue weighted by molar-refractivity contribution is 6.02. The Hall–Kier alpha value is -7.18. The molecule has 0 saturated carbocycles. The predicted octanol–water partition coefficient (Wildman–Crippen LogP) is 10.7. The molecule has 0 spiro atoms. The Morgan fingerprint density at radius 1 is 0.683 bits per heavy atom. The predicted molar refractivity (Wildman–Crippen MR) is 311 cm³/mol. The van der Waals surface area contributed by atoms with Crippen LogP contribution in [0, 0.1) is 11.8 Å². The number of likely N-dealkylation sites (N-methyl/N-ethyl adjacent to an activating group) is 1. The minimum Gasteiger partial charge on any atom is -0.493 e. The number of esters is 1. The fourth-order valence-electron chi connectivity index (χ4n) is 9.23. The number of Topliss-reactive ketones (excluding diaryl/α,β-unsaturated/α-hetero) is 2. The molecule has 1 heterocycles. The number of carboxylic acid groups (broad SMARTS) is 1. The molecule has 0 aliphatic carbocycles. The van der Waals surface area contributed by atoms with Crippen molar-refractivity contribution in [3.8, 4) is 28.4 Å². The van der Waals surface area contributed by atoms with E-state index < -0.39 is 108 Å². The van der Waals surface area contributed by atoms with Crippen molar-refractivity contribution in [1.29, 1.82) is 0 Å². The van der Waals surface area contributed by atoms with Crippen molar-refractivity contribution in [3.63, 3.8) is 0 Å². The van der Waals surface area contributed by atoms with E-state index in [0.717, 1.165) is 44.1 Å². The number of ether oxygens (including phenoxy) is 6. The summed E-state index contributed by atoms with van der Waals surface area (Å²) in [6.45, 7) is 20.8. The molecule has 0 saturated heterocycles. The Balaban J connectivity index is 1.87. The lowest BCUT2D eigenvalue weighted by Crippen LogP contribution is -2.46. The first-order chi connectivity index (χ1) is 38.5. The average Bonchev–Trinajstić information content (AvgIpc) is 3.45. The number of hydrogen-bond donors (Lipinski definition) is 4. The smallest absolute Gasteiger partial charge is 0.407 e. The van der Waals surface area contributed by atoms with Gasteiger partial charge in [-0.2, -0.15) is 0 Å². The highest BCUT2D eigenvalue weighted by atomic mass is 16.6. The van der Waals surface area contributed by atoms with Gasteiger partial charge in [0.15, 0.2) is 18.2 Å². The van der Waals surface area contributed by atoms with Crippen molar-refractivity contribution >= 4 is 47.5 Å². The minimum atomic E-state index is -1.41. The number of carbonyl (C=O) groups is 8. The summed E-state index contributed by atoms with van der Waals surface area (Å²) in [4.78, 5) is 112. The highest BCUT2D eigenvalue weighted by Gasteiger charge is 2.37. The molecule has 0 fully saturated rings. The summed E-state index contributed by atoms with van der Waals surface area (Å²) in [6.07, 6.45) is 5.27. The van der Waals surface area contributed by atoms with Gasteiger partial charge in [0.2, 0.25) is 11.8 Å². The van der Waals surface area contributed by atoms with Crippen molar-refractivity contribution in [2.75, 3.05) is 40.0 Å². The fourth-order valence-corrected chi connectivity index (χ4v) is 9.23. The van der Waals surface area contributed by atoms with Gasteiger partial charge >= 0.3 is 24.1 Å². The second-order valence-electron chi connectivity index (χ2n) is 24.0. The number of fused-ring (bicyclic) bond motifs is 5. The number of alkyl carbamates (subject to hydrolysis) is 2. The zero-order chi connectivity index (χ0) is 61.0. The molecule has 4 amide bonds. The van der Waals surface area contributed by atoms with E-state index in [-0.39, 0.29) is 50.5 Å². The van der Waals surface area contributed by atoms with E-state index in [1.54, 1.807) is 111 Å². The molecule has 1 aliphatic heterocycles. The number of rotatable bonds is 26. The molecule has 0 aromatic heterocycles. The molecule has 4 N–H and O–H groups in total. The van der Waals surface area contributed by atoms with Crippen LogP contribution in [0.25, 0.3) is 11.1 Å². The van der Waals surface area contributed by atoms with Gasteiger partial charge in [-0.05, 0) is 141 Å². The van der Waals surface area contributed by atoms with Gasteiger partial charge in [0.05, 0.1) is 18.7 Å². The van der Waals surface area contributed by atoms with Crippen molar-refractivity contribution in [2.24, 2.45) is 11.8 Å². The fraction of sp³-hybridized carbons (Fsp3) is 0.587. The third kappa shape index (κ3) is 22.6. The van der Waals surface area contributed by atoms with E-state index in [1.807, 2.05) is 13.0 Å². The van der Waals surface area contributed by atoms with Crippen LogP contribution in [-0.2, 0) is 51.0 Å². The normalized spacial score (nSPS) is 16.1. The van der Waals surface area contributed by atoms with Crippen molar-refractivity contribution in [1.82, 2.24) is 20.9 Å². The first kappa shape index (κ1) is 67.3. The summed E-state index contributed by atoms with van der Waals surface area (Å²) in [5.41, 5.74) is 0.285. The summed E-state index contributed by atoms with van der Waals surface area (Å²) in [7, 11) is 1.43. The number of aryl methyl sites for hydroxylation is 1. The van der Waals surface area contributed by atoms with Crippen LogP contribution in [-0.4, -0.2) is 120 Å². The van der Waals surface area contributed by atoms with Crippen LogP contribution in [0.15, 0.2) is 54.6 Å². The number of amides is 4. The summed E-state index contributed by atoms with van der Waals surface area (Å²) in [5, 5.41) is 18.4. The zero-order valence-corrected chi connectivity index (χ0v) is 50.6. The van der Waals surface area contributed by atoms with Gasteiger partial charge in [0.25, 0.3) is 0 Å². The number of nitrogens with zero attached hydrogens (tertiary/aromatic N) is 1. The lowest BCUT2D eigenvalue weighted by Gasteiger charge is -2.32. The van der Waals surface area contributed by atoms with Crippen LogP contribution in [0.4, 0.5) is 9.59 Å². The lowest BCUT2D eigenvalue weighted by molar-refractivity contribution is -0.157. The summed E-state index contributed by atoms with van der Waals surface area (Å²) in [5.74, 6) is -5.84. The molecule has 0 unspecified atom stereocenters. The number of carbonyl (C=O) groups excluding carboxylic acids is 7. The Morgan fingerprint density at radius 2 is 1.28 bits per heavy atom. The molecule has 3 aromatic rings. The molecule has 82 heavy (non-hydrogen) atoms. The Kier molecular flexibility index (Phi) is 25.7. The zero-order valence-electron chi connectivity index (χ0n) is 50.6. The van der Waals surface area contributed by atoms with Crippen LogP contribution in [0.2, 0.25) is 0 Å². The Morgan fingerprint density at radius 3 is 1.90 bits per heavy atom. The lowest BCUT2D eigenvalue weighted by atomic mass is 9.88. The SMILES string of the molecule is CCCCCCCCc1ccc(C(=O)C[C@@H](CCNC(=O)OC(C)(C)C)C(=O)N(C)[C@@H]2C(=O)C[C@@H](C)C(=O)N[C@H](C(=O)O)Cc3ccc(OCCNC(=O)OC(C)(C)C)c(c3)-c3cc2ccc3OCCC)c(OCC(=O)OC(C)(C)C)c1. The maximum atomic E-state index is 15.4. The standard InChI is InChI=1S/C63H90N4O15/c1-14-16-17-18-19-20-21-41-22-25-45(53(36-41)79-39-54(70)80-61(4,5)6)49(68)38-44(28-29-64-59(75)81-62(7,8)9)57(72)67(13)55-43-24-27-52(77-31-15-2)47(37-43)46-34-42(35-48(58(73)74)66-56(71)40(3)33-50(55)69)23-26-51(46)78-32-30-65-60(76)82-63(10,11)12/h22-27,34,36-37,40,44,48,55H,14-21,28-33,35,38-39H2,1-13H3,(H,64,75)(H,65,76)(H,66,71)(H,73,74)/t40-,44-,48+,55+/m1/s1. The molecule has 19 heteroatoms. The highest BCUT2D eigenvalue weighted by Crippen LogP contribution is 2.41. The number of unbranched alkanes of at least 4 members (excludes halogenated alkanes) is 5. The van der Waals surface area contributed by atoms with Gasteiger partial charge in [-0.15, -0.1) is 0 Å². The van der Waals surface area contributed by atoms with E-state index >= 15 is 9.59 Å². The number of carboxylic acids is 1. The molecule has 1 aliphatic rings. The second-order valence-corrected chi connectivity index (χ2v) is 24.0. The van der Waals surface area contributed by atoms with Crippen LogP contribution in [0.3, 0.4) is 0 Å². The van der Waals surface area contributed by atoms with Gasteiger partial charge in [0.1, 0.15) is 52.7 Å². The maximum Gasteiger partial charge on any atom is 0.407 e. The quantitative estimate of drug-likeness (QED) is 0.0252. The number of ketones is 2. The molecule has 4 bridgehead atoms. The molecular formula is C63H90N4O15. The van der Waals surface area contributed by atoms with Crippen LogP contribution < -0.4 is 30.2 Å². The van der Waals surface area contributed by atoms with E-state index in [0.29, 0.717) is 46.6 Å². The molecule has 452 valence electrons. The first-order valence-electron chi connectivity index (χ1n) is 28.8. The third-order valence-electron chi connectivity index (χ3n) is 13.1. The van der Waals surface area contributed by atoms with Gasteiger partial charge in [0, 0.05) is 55.8 Å². The third-order valence-corrected chi connectivity index (χ3v) is 13.1. The maximum absolute atomic E-state index is 15.4. The molecule has 19 nitrogen and oxygen atoms in total. The van der Waals surface area contributed by atoms with Crippen molar-refractivity contribution < 1.29 is 71.9 Å². The monoisotopic (exact) mass is 1140 g/mol. The number of aliphatic carboxylic acids is 1. The average molecular weight is 1140 g/mol. The van der Waals surface area contributed by atoms with E-state index in [1.165, 1.54) is 18.9 Å². The molecule has 4 rings (SSSR count). The second kappa shape index (κ2) is 31.3. The molecule has 4 atom stereocenters. The van der Waals surface area contributed by atoms with Gasteiger partial charge in [-0.1, -0.05) is 71.1 Å². The van der Waals surface area contributed by atoms with E-state index in [4.69, 9.17) is 28.4 Å². The summed E-state index contributed by atoms with van der Waals surface area (Å²) in [6, 6.07) is 12.4. The number of nitrogens with one attached hydrogen (secondary N) is 3. The first-order valence-corrected chi connectivity index (χ1v) is 28.8. The Labute approximate surface area is 484 Å². The van der Waals surface area contributed by atoms with Gasteiger partial charge in [-0.3, -0.25) is 19.2 Å². The largest absolute Gasteiger partial charge is 0.493 e. The van der Waals surface area contributed by atoms with Gasteiger partial charge in [-0.25, -0.2) is 19.2 Å². The minimum absolute atomic E-state index is 0.0237. The molecule has 0 radical (unpaired) electrons. The van der Waals surface area contributed by atoms with E-state index in [9.17, 15) is 33.9 Å².